The van der Waals surface area contributed by atoms with E-state index >= 15 is 0 Å². The van der Waals surface area contributed by atoms with Crippen LogP contribution >= 0.6 is 15.9 Å². The van der Waals surface area contributed by atoms with Crippen molar-refractivity contribution in [2.45, 2.75) is 0 Å². The SMILES string of the molecule is COc1cc(Br)cc2ccc(=O)[nH]c12. The number of benzene rings is 1. The first-order valence-electron chi connectivity index (χ1n) is 4.07. The topological polar surface area (TPSA) is 42.1 Å². The van der Waals surface area contributed by atoms with Gasteiger partial charge in [-0.1, -0.05) is 15.9 Å². The second kappa shape index (κ2) is 3.46. The number of pyridine rings is 1. The van der Waals surface area contributed by atoms with E-state index < -0.39 is 0 Å². The summed E-state index contributed by atoms with van der Waals surface area (Å²) in [4.78, 5) is 13.8. The maximum absolute atomic E-state index is 11.1. The highest BCUT2D eigenvalue weighted by molar-refractivity contribution is 9.10. The summed E-state index contributed by atoms with van der Waals surface area (Å²) in [5, 5.41) is 0.941. The van der Waals surface area contributed by atoms with Gasteiger partial charge in [-0.25, -0.2) is 0 Å². The summed E-state index contributed by atoms with van der Waals surface area (Å²) in [6, 6.07) is 7.00. The number of methoxy groups -OCH3 is 1. The number of aromatic nitrogens is 1. The fourth-order valence-corrected chi connectivity index (χ4v) is 1.81. The summed E-state index contributed by atoms with van der Waals surface area (Å²) in [5.41, 5.74) is 0.598. The average molecular weight is 254 g/mol. The largest absolute Gasteiger partial charge is 0.495 e. The van der Waals surface area contributed by atoms with Crippen LogP contribution in [0.1, 0.15) is 0 Å². The van der Waals surface area contributed by atoms with E-state index in [1.54, 1.807) is 13.2 Å². The van der Waals surface area contributed by atoms with Crippen LogP contribution in [-0.4, -0.2) is 12.1 Å². The molecule has 0 atom stereocenters. The van der Waals surface area contributed by atoms with Crippen LogP contribution in [0.2, 0.25) is 0 Å². The third-order valence-electron chi connectivity index (χ3n) is 1.98. The number of H-pyrrole nitrogens is 1. The Morgan fingerprint density at radius 2 is 2.14 bits per heavy atom. The lowest BCUT2D eigenvalue weighted by atomic mass is 10.2. The molecule has 1 aromatic carbocycles. The molecule has 0 aliphatic rings. The summed E-state index contributed by atoms with van der Waals surface area (Å²) < 4.78 is 6.09. The molecule has 1 N–H and O–H groups in total. The molecule has 0 radical (unpaired) electrons. The third-order valence-corrected chi connectivity index (χ3v) is 2.44. The molecule has 1 aromatic heterocycles. The van der Waals surface area contributed by atoms with E-state index in [4.69, 9.17) is 4.74 Å². The molecule has 4 heteroatoms. The second-order valence-electron chi connectivity index (χ2n) is 2.89. The highest BCUT2D eigenvalue weighted by atomic mass is 79.9. The maximum Gasteiger partial charge on any atom is 0.248 e. The predicted molar refractivity (Wildman–Crippen MR) is 58.8 cm³/mol. The van der Waals surface area contributed by atoms with Crippen LogP contribution in [0.4, 0.5) is 0 Å². The molecule has 2 aromatic rings. The summed E-state index contributed by atoms with van der Waals surface area (Å²) >= 11 is 3.37. The van der Waals surface area contributed by atoms with Crippen molar-refractivity contribution in [3.8, 4) is 5.75 Å². The van der Waals surface area contributed by atoms with E-state index in [-0.39, 0.29) is 5.56 Å². The minimum absolute atomic E-state index is 0.127. The van der Waals surface area contributed by atoms with Gasteiger partial charge in [-0.05, 0) is 18.2 Å². The molecule has 3 nitrogen and oxygen atoms in total. The van der Waals surface area contributed by atoms with E-state index in [1.807, 2.05) is 12.1 Å². The Hall–Kier alpha value is -1.29. The first kappa shape index (κ1) is 9.27. The summed E-state index contributed by atoms with van der Waals surface area (Å²) in [7, 11) is 1.58. The number of hydrogen-bond acceptors (Lipinski definition) is 2. The van der Waals surface area contributed by atoms with Gasteiger partial charge in [-0.3, -0.25) is 4.79 Å². The normalized spacial score (nSPS) is 10.4. The molecule has 0 aliphatic carbocycles. The fourth-order valence-electron chi connectivity index (χ4n) is 1.36. The van der Waals surface area contributed by atoms with Crippen molar-refractivity contribution < 1.29 is 4.74 Å². The monoisotopic (exact) mass is 253 g/mol. The van der Waals surface area contributed by atoms with Crippen molar-refractivity contribution in [2.75, 3.05) is 7.11 Å². The Kier molecular flexibility index (Phi) is 2.29. The Bertz CT molecular complexity index is 533. The summed E-state index contributed by atoms with van der Waals surface area (Å²) in [6.45, 7) is 0. The molecular weight excluding hydrogens is 246 g/mol. The van der Waals surface area contributed by atoms with Gasteiger partial charge in [0.15, 0.2) is 0 Å². The Labute approximate surface area is 88.8 Å². The summed E-state index contributed by atoms with van der Waals surface area (Å²) in [6.07, 6.45) is 0. The van der Waals surface area contributed by atoms with Crippen LogP contribution in [0.25, 0.3) is 10.9 Å². The smallest absolute Gasteiger partial charge is 0.248 e. The molecule has 0 saturated carbocycles. The molecule has 0 unspecified atom stereocenters. The van der Waals surface area contributed by atoms with Crippen LogP contribution in [0.3, 0.4) is 0 Å². The van der Waals surface area contributed by atoms with E-state index in [1.165, 1.54) is 6.07 Å². The number of hydrogen-bond donors (Lipinski definition) is 1. The van der Waals surface area contributed by atoms with Gasteiger partial charge in [0.2, 0.25) is 5.56 Å². The molecule has 0 spiro atoms. The molecule has 2 rings (SSSR count). The molecular formula is C10H8BrNO2. The zero-order valence-electron chi connectivity index (χ0n) is 7.50. The number of ether oxygens (including phenoxy) is 1. The van der Waals surface area contributed by atoms with E-state index in [9.17, 15) is 4.79 Å². The molecule has 0 bridgehead atoms. The number of fused-ring (bicyclic) bond motifs is 1. The van der Waals surface area contributed by atoms with E-state index in [0.717, 1.165) is 15.4 Å². The van der Waals surface area contributed by atoms with Crippen molar-refractivity contribution in [1.82, 2.24) is 4.98 Å². The van der Waals surface area contributed by atoms with Gasteiger partial charge in [0, 0.05) is 15.9 Å². The highest BCUT2D eigenvalue weighted by Crippen LogP contribution is 2.27. The molecule has 0 amide bonds. The zero-order valence-corrected chi connectivity index (χ0v) is 9.09. The summed E-state index contributed by atoms with van der Waals surface area (Å²) in [5.74, 6) is 0.659. The van der Waals surface area contributed by atoms with Gasteiger partial charge in [0.1, 0.15) is 5.75 Å². The van der Waals surface area contributed by atoms with Crippen LogP contribution < -0.4 is 10.3 Å². The lowest BCUT2D eigenvalue weighted by Crippen LogP contribution is -2.03. The van der Waals surface area contributed by atoms with Crippen LogP contribution in [-0.2, 0) is 0 Å². The molecule has 0 fully saturated rings. The number of rotatable bonds is 1. The van der Waals surface area contributed by atoms with Gasteiger partial charge in [-0.2, -0.15) is 0 Å². The first-order valence-corrected chi connectivity index (χ1v) is 4.86. The van der Waals surface area contributed by atoms with Crippen LogP contribution in [0, 0.1) is 0 Å². The quantitative estimate of drug-likeness (QED) is 0.848. The van der Waals surface area contributed by atoms with E-state index in [0.29, 0.717) is 5.75 Å². The minimum atomic E-state index is -0.127. The zero-order chi connectivity index (χ0) is 10.1. The number of nitrogens with one attached hydrogen (secondary N) is 1. The van der Waals surface area contributed by atoms with Crippen molar-refractivity contribution in [3.63, 3.8) is 0 Å². The Balaban J connectivity index is 2.88. The third kappa shape index (κ3) is 1.53. The van der Waals surface area contributed by atoms with Gasteiger partial charge < -0.3 is 9.72 Å². The molecule has 0 aliphatic heterocycles. The van der Waals surface area contributed by atoms with Crippen molar-refractivity contribution in [1.29, 1.82) is 0 Å². The standard InChI is InChI=1S/C10H8BrNO2/c1-14-8-5-7(11)4-6-2-3-9(13)12-10(6)8/h2-5H,1H3,(H,12,13). The number of halogens is 1. The first-order chi connectivity index (χ1) is 6.70. The van der Waals surface area contributed by atoms with Crippen LogP contribution in [0.5, 0.6) is 5.75 Å². The van der Waals surface area contributed by atoms with Gasteiger partial charge >= 0.3 is 0 Å². The minimum Gasteiger partial charge on any atom is -0.495 e. The van der Waals surface area contributed by atoms with E-state index in [2.05, 4.69) is 20.9 Å². The fraction of sp³-hybridized carbons (Fsp3) is 0.100. The Morgan fingerprint density at radius 3 is 2.86 bits per heavy atom. The molecule has 0 saturated heterocycles. The van der Waals surface area contributed by atoms with Gasteiger partial charge in [0.25, 0.3) is 0 Å². The van der Waals surface area contributed by atoms with Crippen molar-refractivity contribution in [2.24, 2.45) is 0 Å². The predicted octanol–water partition coefficient (Wildman–Crippen LogP) is 2.30. The lowest BCUT2D eigenvalue weighted by Gasteiger charge is -2.05. The lowest BCUT2D eigenvalue weighted by molar-refractivity contribution is 0.418. The highest BCUT2D eigenvalue weighted by Gasteiger charge is 2.03. The maximum atomic E-state index is 11.1. The molecule has 14 heavy (non-hydrogen) atoms. The second-order valence-corrected chi connectivity index (χ2v) is 3.81. The average Bonchev–Trinajstić information content (AvgIpc) is 2.17. The van der Waals surface area contributed by atoms with Crippen molar-refractivity contribution in [3.05, 3.63) is 39.1 Å². The van der Waals surface area contributed by atoms with Gasteiger partial charge in [-0.15, -0.1) is 0 Å². The molecule has 1 heterocycles. The number of aromatic amines is 1. The van der Waals surface area contributed by atoms with Gasteiger partial charge in [0.05, 0.1) is 12.6 Å². The Morgan fingerprint density at radius 1 is 1.36 bits per heavy atom. The van der Waals surface area contributed by atoms with Crippen LogP contribution in [0.15, 0.2) is 33.5 Å². The molecule has 72 valence electrons. The van der Waals surface area contributed by atoms with Crippen molar-refractivity contribution >= 4 is 26.8 Å².